The first-order valence-electron chi connectivity index (χ1n) is 5.53. The van der Waals surface area contributed by atoms with Crippen LogP contribution in [0.3, 0.4) is 0 Å². The van der Waals surface area contributed by atoms with Gasteiger partial charge in [-0.05, 0) is 13.2 Å². The Bertz CT molecular complexity index is 692. The molecule has 0 N–H and O–H groups in total. The zero-order valence-electron chi connectivity index (χ0n) is 10.0. The number of fused-ring (bicyclic) bond motifs is 1. The number of hydrogen-bond donors (Lipinski definition) is 0. The Balaban J connectivity index is 2.31. The van der Waals surface area contributed by atoms with Crippen molar-refractivity contribution in [3.63, 3.8) is 0 Å². The van der Waals surface area contributed by atoms with Crippen LogP contribution in [-0.2, 0) is 0 Å². The maximum absolute atomic E-state index is 4.57. The van der Waals surface area contributed by atoms with Gasteiger partial charge in [-0.3, -0.25) is 0 Å². The van der Waals surface area contributed by atoms with Crippen molar-refractivity contribution in [1.82, 2.24) is 15.2 Å². The van der Waals surface area contributed by atoms with Crippen LogP contribution in [-0.4, -0.2) is 21.4 Å². The summed E-state index contributed by atoms with van der Waals surface area (Å²) < 4.78 is 1.12. The summed E-state index contributed by atoms with van der Waals surface area (Å²) >= 11 is 3.26. The van der Waals surface area contributed by atoms with E-state index in [2.05, 4.69) is 27.3 Å². The molecule has 0 atom stereocenters. The van der Waals surface area contributed by atoms with Gasteiger partial charge in [0.25, 0.3) is 0 Å². The molecule has 3 rings (SSSR count). The highest BCUT2D eigenvalue weighted by Gasteiger charge is 2.14. The zero-order valence-corrected chi connectivity index (χ0v) is 11.7. The first-order valence-corrected chi connectivity index (χ1v) is 7.57. The predicted molar refractivity (Wildman–Crippen MR) is 77.2 cm³/mol. The van der Waals surface area contributed by atoms with Crippen molar-refractivity contribution in [2.24, 2.45) is 0 Å². The minimum absolute atomic E-state index is 0.897. The maximum atomic E-state index is 4.57. The molecular weight excluding hydrogens is 262 g/mol. The van der Waals surface area contributed by atoms with E-state index in [0.717, 1.165) is 31.5 Å². The molecule has 0 spiro atoms. The summed E-state index contributed by atoms with van der Waals surface area (Å²) in [7, 11) is 0. The second-order valence-electron chi connectivity index (χ2n) is 3.83. The fourth-order valence-corrected chi connectivity index (χ4v) is 3.30. The number of hydrogen-bond acceptors (Lipinski definition) is 5. The first kappa shape index (κ1) is 11.6. The van der Waals surface area contributed by atoms with Crippen LogP contribution in [0.1, 0.15) is 5.01 Å². The Hall–Kier alpha value is -1.46. The predicted octanol–water partition coefficient (Wildman–Crippen LogP) is 3.78. The lowest BCUT2D eigenvalue weighted by Gasteiger charge is -2.02. The van der Waals surface area contributed by atoms with Gasteiger partial charge in [0.1, 0.15) is 16.2 Å². The molecule has 0 amide bonds. The lowest BCUT2D eigenvalue weighted by Crippen LogP contribution is -1.91. The fraction of sp³-hybridized carbons (Fsp3) is 0.154. The summed E-state index contributed by atoms with van der Waals surface area (Å²) in [4.78, 5) is 4.57. The Kier molecular flexibility index (Phi) is 3.01. The third-order valence-electron chi connectivity index (χ3n) is 2.63. The number of thioether (sulfide) groups is 1. The molecule has 0 radical (unpaired) electrons. The van der Waals surface area contributed by atoms with E-state index in [1.807, 2.05) is 31.4 Å². The molecule has 18 heavy (non-hydrogen) atoms. The van der Waals surface area contributed by atoms with Gasteiger partial charge in [-0.15, -0.1) is 33.3 Å². The quantitative estimate of drug-likeness (QED) is 0.666. The molecule has 0 aliphatic heterocycles. The maximum Gasteiger partial charge on any atom is 0.146 e. The summed E-state index contributed by atoms with van der Waals surface area (Å²) in [6.45, 7) is 2.02. The molecule has 0 saturated heterocycles. The fourth-order valence-electron chi connectivity index (χ4n) is 1.84. The molecule has 0 aliphatic carbocycles. The highest BCUT2D eigenvalue weighted by molar-refractivity contribution is 7.98. The van der Waals surface area contributed by atoms with Crippen LogP contribution in [0.15, 0.2) is 35.4 Å². The molecular formula is C13H11N3S2. The number of benzene rings is 1. The van der Waals surface area contributed by atoms with Crippen molar-refractivity contribution in [2.45, 2.75) is 11.9 Å². The molecule has 0 aliphatic rings. The van der Waals surface area contributed by atoms with E-state index in [1.165, 1.54) is 0 Å². The Morgan fingerprint density at radius 3 is 2.61 bits per heavy atom. The standard InChI is InChI=1S/C13H11N3S2/c1-8-14-11-12(18-8)10(15-16-13(11)17-2)9-6-4-3-5-7-9/h3-7H,1-2H3. The smallest absolute Gasteiger partial charge is 0.146 e. The monoisotopic (exact) mass is 273 g/mol. The second-order valence-corrected chi connectivity index (χ2v) is 5.83. The number of aromatic nitrogens is 3. The highest BCUT2D eigenvalue weighted by atomic mass is 32.2. The second kappa shape index (κ2) is 4.66. The molecule has 0 bridgehead atoms. The highest BCUT2D eigenvalue weighted by Crippen LogP contribution is 2.34. The Morgan fingerprint density at radius 1 is 1.11 bits per heavy atom. The van der Waals surface area contributed by atoms with E-state index in [0.29, 0.717) is 0 Å². The van der Waals surface area contributed by atoms with Crippen molar-refractivity contribution in [1.29, 1.82) is 0 Å². The van der Waals surface area contributed by atoms with Crippen LogP contribution in [0.25, 0.3) is 21.5 Å². The lowest BCUT2D eigenvalue weighted by molar-refractivity contribution is 0.957. The molecule has 2 heterocycles. The largest absolute Gasteiger partial charge is 0.238 e. The van der Waals surface area contributed by atoms with Crippen LogP contribution < -0.4 is 0 Å². The molecule has 90 valence electrons. The summed E-state index contributed by atoms with van der Waals surface area (Å²) in [6.07, 6.45) is 2.00. The topological polar surface area (TPSA) is 38.7 Å². The Labute approximate surface area is 113 Å². The molecule has 0 saturated carbocycles. The average molecular weight is 273 g/mol. The minimum Gasteiger partial charge on any atom is -0.238 e. The van der Waals surface area contributed by atoms with Gasteiger partial charge < -0.3 is 0 Å². The number of rotatable bonds is 2. The lowest BCUT2D eigenvalue weighted by atomic mass is 10.1. The first-order chi connectivity index (χ1) is 8.79. The molecule has 5 heteroatoms. The van der Waals surface area contributed by atoms with E-state index in [9.17, 15) is 0 Å². The summed E-state index contributed by atoms with van der Waals surface area (Å²) in [5, 5.41) is 10.6. The summed E-state index contributed by atoms with van der Waals surface area (Å²) in [5.41, 5.74) is 2.99. The van der Waals surface area contributed by atoms with Crippen molar-refractivity contribution < 1.29 is 0 Å². The molecule has 3 aromatic rings. The third kappa shape index (κ3) is 1.89. The molecule has 0 fully saturated rings. The van der Waals surface area contributed by atoms with Crippen molar-refractivity contribution in [3.8, 4) is 11.3 Å². The van der Waals surface area contributed by atoms with E-state index in [1.54, 1.807) is 23.1 Å². The van der Waals surface area contributed by atoms with Crippen LogP contribution in [0.4, 0.5) is 0 Å². The van der Waals surface area contributed by atoms with Gasteiger partial charge in [0, 0.05) is 5.56 Å². The molecule has 3 nitrogen and oxygen atoms in total. The van der Waals surface area contributed by atoms with Gasteiger partial charge in [0.05, 0.1) is 9.71 Å². The van der Waals surface area contributed by atoms with Crippen LogP contribution in [0, 0.1) is 6.92 Å². The van der Waals surface area contributed by atoms with E-state index < -0.39 is 0 Å². The Morgan fingerprint density at radius 2 is 1.89 bits per heavy atom. The summed E-state index contributed by atoms with van der Waals surface area (Å²) in [6, 6.07) is 10.1. The summed E-state index contributed by atoms with van der Waals surface area (Å²) in [5.74, 6) is 0. The van der Waals surface area contributed by atoms with E-state index in [4.69, 9.17) is 0 Å². The molecule has 0 unspecified atom stereocenters. The van der Waals surface area contributed by atoms with Crippen LogP contribution in [0.5, 0.6) is 0 Å². The van der Waals surface area contributed by atoms with Crippen LogP contribution >= 0.6 is 23.1 Å². The van der Waals surface area contributed by atoms with Gasteiger partial charge in [-0.2, -0.15) is 0 Å². The normalized spacial score (nSPS) is 11.0. The van der Waals surface area contributed by atoms with Crippen molar-refractivity contribution in [3.05, 3.63) is 35.3 Å². The van der Waals surface area contributed by atoms with Gasteiger partial charge in [0.15, 0.2) is 0 Å². The minimum atomic E-state index is 0.897. The van der Waals surface area contributed by atoms with Crippen LogP contribution in [0.2, 0.25) is 0 Å². The zero-order chi connectivity index (χ0) is 12.5. The van der Waals surface area contributed by atoms with Crippen molar-refractivity contribution in [2.75, 3.05) is 6.26 Å². The van der Waals surface area contributed by atoms with Crippen molar-refractivity contribution >= 4 is 33.3 Å². The number of nitrogens with zero attached hydrogens (tertiary/aromatic N) is 3. The van der Waals surface area contributed by atoms with Gasteiger partial charge in [0.2, 0.25) is 0 Å². The molecule has 2 aromatic heterocycles. The van der Waals surface area contributed by atoms with Gasteiger partial charge in [-0.1, -0.05) is 30.3 Å². The number of thiazole rings is 1. The average Bonchev–Trinajstić information content (AvgIpc) is 2.80. The van der Waals surface area contributed by atoms with Gasteiger partial charge >= 0.3 is 0 Å². The number of aryl methyl sites for hydroxylation is 1. The van der Waals surface area contributed by atoms with Gasteiger partial charge in [-0.25, -0.2) is 4.98 Å². The van der Waals surface area contributed by atoms with E-state index in [-0.39, 0.29) is 0 Å². The molecule has 1 aromatic carbocycles. The third-order valence-corrected chi connectivity index (χ3v) is 4.27. The SMILES string of the molecule is CSc1nnc(-c2ccccc2)c2sc(C)nc12. The van der Waals surface area contributed by atoms with E-state index >= 15 is 0 Å².